The maximum atomic E-state index is 8.42. The maximum Gasteiger partial charge on any atom is 0.0768 e. The van der Waals surface area contributed by atoms with Gasteiger partial charge in [-0.25, -0.2) is 0 Å². The predicted octanol–water partition coefficient (Wildman–Crippen LogP) is -0.503. The molecule has 4 N–H and O–H groups in total. The average Bonchev–Trinajstić information content (AvgIpc) is 2.16. The smallest absolute Gasteiger partial charge is 0.0768 e. The molecular formula is C8H20O4W. The Hall–Kier alpha value is 0.528. The first-order valence-electron chi connectivity index (χ1n) is 4.20. The van der Waals surface area contributed by atoms with E-state index in [-0.39, 0.29) is 34.3 Å². The fourth-order valence-corrected chi connectivity index (χ4v) is 0.258. The zero-order valence-corrected chi connectivity index (χ0v) is 11.1. The minimum Gasteiger partial charge on any atom is -0.394 e. The minimum atomic E-state index is -0.509. The molecule has 4 nitrogen and oxygen atoms in total. The molecule has 2 unspecified atom stereocenters. The molecule has 0 spiro atoms. The Kier molecular flexibility index (Phi) is 22.1. The van der Waals surface area contributed by atoms with Crippen molar-refractivity contribution in [1.29, 1.82) is 0 Å². The summed E-state index contributed by atoms with van der Waals surface area (Å²) in [6.45, 7) is 3.41. The van der Waals surface area contributed by atoms with Gasteiger partial charge in [-0.05, 0) is 12.8 Å². The van der Waals surface area contributed by atoms with Crippen LogP contribution in [0, 0.1) is 0 Å². The zero-order chi connectivity index (χ0) is 9.98. The third kappa shape index (κ3) is 19.1. The van der Waals surface area contributed by atoms with Gasteiger partial charge >= 0.3 is 0 Å². The summed E-state index contributed by atoms with van der Waals surface area (Å²) in [6, 6.07) is 0. The normalized spacial score (nSPS) is 13.4. The second-order valence-corrected chi connectivity index (χ2v) is 2.49. The van der Waals surface area contributed by atoms with Crippen LogP contribution in [0.1, 0.15) is 26.7 Å². The second kappa shape index (κ2) is 15.0. The molecule has 0 aliphatic carbocycles. The van der Waals surface area contributed by atoms with Gasteiger partial charge in [0.25, 0.3) is 0 Å². The molecule has 0 aliphatic heterocycles. The molecule has 5 heteroatoms. The zero-order valence-electron chi connectivity index (χ0n) is 8.18. The van der Waals surface area contributed by atoms with Crippen molar-refractivity contribution in [2.24, 2.45) is 0 Å². The molecule has 0 aromatic carbocycles. The summed E-state index contributed by atoms with van der Waals surface area (Å²) >= 11 is 0. The molecule has 0 bridgehead atoms. The predicted molar refractivity (Wildman–Crippen MR) is 46.8 cm³/mol. The van der Waals surface area contributed by atoms with Crippen molar-refractivity contribution in [3.8, 4) is 0 Å². The van der Waals surface area contributed by atoms with E-state index in [1.807, 2.05) is 13.8 Å². The number of hydrogen-bond acceptors (Lipinski definition) is 4. The Morgan fingerprint density at radius 1 is 0.846 bits per heavy atom. The van der Waals surface area contributed by atoms with Crippen LogP contribution in [0.4, 0.5) is 0 Å². The first kappa shape index (κ1) is 19.2. The SMILES string of the molecule is CCC(O)CO.CCC(O)CO.[W]. The molecule has 13 heavy (non-hydrogen) atoms. The van der Waals surface area contributed by atoms with Crippen molar-refractivity contribution in [1.82, 2.24) is 0 Å². The van der Waals surface area contributed by atoms with Crippen LogP contribution in [0.2, 0.25) is 0 Å². The fourth-order valence-electron chi connectivity index (χ4n) is 0.258. The van der Waals surface area contributed by atoms with Gasteiger partial charge in [0.15, 0.2) is 0 Å². The Morgan fingerprint density at radius 3 is 1.08 bits per heavy atom. The first-order chi connectivity index (χ1) is 5.62. The Morgan fingerprint density at radius 2 is 1.08 bits per heavy atom. The van der Waals surface area contributed by atoms with Gasteiger partial charge in [0, 0.05) is 21.1 Å². The van der Waals surface area contributed by atoms with Crippen molar-refractivity contribution in [2.45, 2.75) is 38.9 Å². The van der Waals surface area contributed by atoms with Crippen molar-refractivity contribution in [3.05, 3.63) is 0 Å². The molecule has 0 saturated heterocycles. The molecule has 0 aliphatic rings. The van der Waals surface area contributed by atoms with Crippen LogP contribution in [0.15, 0.2) is 0 Å². The van der Waals surface area contributed by atoms with Crippen LogP contribution in [0.3, 0.4) is 0 Å². The van der Waals surface area contributed by atoms with E-state index in [2.05, 4.69) is 0 Å². The van der Waals surface area contributed by atoms with E-state index in [4.69, 9.17) is 20.4 Å². The first-order valence-corrected chi connectivity index (χ1v) is 4.20. The fraction of sp³-hybridized carbons (Fsp3) is 1.00. The van der Waals surface area contributed by atoms with Gasteiger partial charge in [0.1, 0.15) is 0 Å². The number of aliphatic hydroxyl groups excluding tert-OH is 4. The molecule has 0 saturated carbocycles. The molecule has 82 valence electrons. The van der Waals surface area contributed by atoms with Crippen molar-refractivity contribution < 1.29 is 41.5 Å². The van der Waals surface area contributed by atoms with E-state index in [0.717, 1.165) is 0 Å². The van der Waals surface area contributed by atoms with Gasteiger partial charge < -0.3 is 20.4 Å². The van der Waals surface area contributed by atoms with Crippen LogP contribution >= 0.6 is 0 Å². The quantitative estimate of drug-likeness (QED) is 0.542. The van der Waals surface area contributed by atoms with E-state index < -0.39 is 12.2 Å². The molecule has 0 aromatic rings. The molecule has 0 heterocycles. The molecule has 0 aromatic heterocycles. The largest absolute Gasteiger partial charge is 0.394 e. The Bertz CT molecular complexity index is 64.5. The van der Waals surface area contributed by atoms with Gasteiger partial charge in [0.2, 0.25) is 0 Å². The van der Waals surface area contributed by atoms with Crippen molar-refractivity contribution >= 4 is 0 Å². The minimum absolute atomic E-state index is 0. The number of aliphatic hydroxyl groups is 4. The van der Waals surface area contributed by atoms with Crippen molar-refractivity contribution in [2.75, 3.05) is 13.2 Å². The third-order valence-electron chi connectivity index (χ3n) is 1.36. The van der Waals surface area contributed by atoms with Crippen LogP contribution in [-0.2, 0) is 21.1 Å². The van der Waals surface area contributed by atoms with Crippen LogP contribution in [-0.4, -0.2) is 45.8 Å². The summed E-state index contributed by atoms with van der Waals surface area (Å²) in [5.74, 6) is 0. The van der Waals surface area contributed by atoms with Crippen LogP contribution < -0.4 is 0 Å². The summed E-state index contributed by atoms with van der Waals surface area (Å²) in [4.78, 5) is 0. The summed E-state index contributed by atoms with van der Waals surface area (Å²) in [5, 5.41) is 33.0. The molecule has 2 atom stereocenters. The summed E-state index contributed by atoms with van der Waals surface area (Å²) in [6.07, 6.45) is 0.252. The summed E-state index contributed by atoms with van der Waals surface area (Å²) in [5.41, 5.74) is 0. The molecule has 0 fully saturated rings. The summed E-state index contributed by atoms with van der Waals surface area (Å²) in [7, 11) is 0. The second-order valence-electron chi connectivity index (χ2n) is 2.49. The Labute approximate surface area is 93.9 Å². The van der Waals surface area contributed by atoms with Gasteiger partial charge in [-0.1, -0.05) is 13.8 Å². The van der Waals surface area contributed by atoms with Crippen LogP contribution in [0.5, 0.6) is 0 Å². The van der Waals surface area contributed by atoms with E-state index in [0.29, 0.717) is 12.8 Å². The Balaban J connectivity index is -0.000000143. The van der Waals surface area contributed by atoms with E-state index in [1.54, 1.807) is 0 Å². The molecular weight excluding hydrogens is 344 g/mol. The van der Waals surface area contributed by atoms with E-state index in [9.17, 15) is 0 Å². The number of hydrogen-bond donors (Lipinski definition) is 4. The van der Waals surface area contributed by atoms with E-state index in [1.165, 1.54) is 0 Å². The van der Waals surface area contributed by atoms with Gasteiger partial charge in [0.05, 0.1) is 25.4 Å². The third-order valence-corrected chi connectivity index (χ3v) is 1.36. The average molecular weight is 364 g/mol. The van der Waals surface area contributed by atoms with Gasteiger partial charge in [-0.2, -0.15) is 0 Å². The molecule has 0 rings (SSSR count). The summed E-state index contributed by atoms with van der Waals surface area (Å²) < 4.78 is 0. The maximum absolute atomic E-state index is 8.42. The molecule has 0 amide bonds. The van der Waals surface area contributed by atoms with Crippen LogP contribution in [0.25, 0.3) is 0 Å². The molecule has 0 radical (unpaired) electrons. The van der Waals surface area contributed by atoms with E-state index >= 15 is 0 Å². The van der Waals surface area contributed by atoms with Crippen molar-refractivity contribution in [3.63, 3.8) is 0 Å². The topological polar surface area (TPSA) is 80.9 Å². The standard InChI is InChI=1S/2C4H10O2.W/c2*1-2-4(6)3-5;/h2*4-6H,2-3H2,1H3;. The van der Waals surface area contributed by atoms with Gasteiger partial charge in [-0.3, -0.25) is 0 Å². The number of rotatable bonds is 4. The monoisotopic (exact) mass is 364 g/mol. The van der Waals surface area contributed by atoms with Gasteiger partial charge in [-0.15, -0.1) is 0 Å².